The second-order valence-corrected chi connectivity index (χ2v) is 11.0. The molecule has 2 aromatic rings. The number of rotatable bonds is 8. The molecular weight excluding hydrogens is 453 g/mol. The summed E-state index contributed by atoms with van der Waals surface area (Å²) in [6.07, 6.45) is 1.69. The van der Waals surface area contributed by atoms with Crippen molar-refractivity contribution in [2.75, 3.05) is 26.2 Å². The van der Waals surface area contributed by atoms with E-state index in [1.807, 2.05) is 37.1 Å². The molecule has 34 heavy (non-hydrogen) atoms. The van der Waals surface area contributed by atoms with Crippen molar-refractivity contribution in [3.8, 4) is 5.75 Å². The van der Waals surface area contributed by atoms with Crippen molar-refractivity contribution in [1.82, 2.24) is 15.1 Å². The normalized spacial score (nSPS) is 16.5. The lowest BCUT2D eigenvalue weighted by Gasteiger charge is -2.37. The van der Waals surface area contributed by atoms with Crippen molar-refractivity contribution in [1.29, 1.82) is 0 Å². The summed E-state index contributed by atoms with van der Waals surface area (Å²) in [5.74, 6) is 0.223. The van der Waals surface area contributed by atoms with Crippen LogP contribution in [0.5, 0.6) is 5.75 Å². The summed E-state index contributed by atoms with van der Waals surface area (Å²) in [6.45, 7) is 11.2. The van der Waals surface area contributed by atoms with Gasteiger partial charge in [-0.2, -0.15) is 0 Å². The van der Waals surface area contributed by atoms with E-state index in [0.29, 0.717) is 18.8 Å². The molecule has 186 valence electrons. The zero-order valence-electron chi connectivity index (χ0n) is 20.8. The Morgan fingerprint density at radius 2 is 2.09 bits per heavy atom. The van der Waals surface area contributed by atoms with Crippen LogP contribution in [-0.2, 0) is 11.2 Å². The molecular formula is C26H36FN3O3S. The third-order valence-corrected chi connectivity index (χ3v) is 6.94. The van der Waals surface area contributed by atoms with Crippen LogP contribution in [0.3, 0.4) is 0 Å². The molecule has 1 aromatic carbocycles. The molecule has 1 aliphatic rings. The highest BCUT2D eigenvalue weighted by Crippen LogP contribution is 2.34. The smallest absolute Gasteiger partial charge is 0.318 e. The summed E-state index contributed by atoms with van der Waals surface area (Å²) in [5.41, 5.74) is 0.667. The lowest BCUT2D eigenvalue weighted by Crippen LogP contribution is -2.53. The van der Waals surface area contributed by atoms with E-state index in [4.69, 9.17) is 4.74 Å². The number of hydrogen-bond donors (Lipinski definition) is 1. The fourth-order valence-electron chi connectivity index (χ4n) is 3.99. The van der Waals surface area contributed by atoms with Crippen LogP contribution in [0.25, 0.3) is 0 Å². The number of halogens is 1. The van der Waals surface area contributed by atoms with Gasteiger partial charge >= 0.3 is 6.03 Å². The molecule has 0 radical (unpaired) electrons. The Balaban J connectivity index is 1.78. The van der Waals surface area contributed by atoms with Crippen molar-refractivity contribution in [3.63, 3.8) is 0 Å². The van der Waals surface area contributed by atoms with E-state index in [0.717, 1.165) is 18.4 Å². The largest absolute Gasteiger partial charge is 0.491 e. The van der Waals surface area contributed by atoms with Gasteiger partial charge in [-0.1, -0.05) is 26.3 Å². The second-order valence-electron chi connectivity index (χ2n) is 9.99. The topological polar surface area (TPSA) is 61.9 Å². The SMILES string of the molecule is CC[C@H](C)CN(CC(=O)N1CCc2sccc2[C@@H]1COc1cccc(F)c1)C(=O)NC(C)(C)C. The predicted octanol–water partition coefficient (Wildman–Crippen LogP) is 5.25. The summed E-state index contributed by atoms with van der Waals surface area (Å²) in [4.78, 5) is 31.2. The second kappa shape index (κ2) is 11.2. The molecule has 0 saturated heterocycles. The number of hydrogen-bond acceptors (Lipinski definition) is 4. The van der Waals surface area contributed by atoms with Gasteiger partial charge in [0.2, 0.25) is 5.91 Å². The molecule has 3 rings (SSSR count). The highest BCUT2D eigenvalue weighted by atomic mass is 32.1. The molecule has 0 spiro atoms. The number of amides is 3. The van der Waals surface area contributed by atoms with Gasteiger partial charge in [-0.15, -0.1) is 11.3 Å². The molecule has 1 N–H and O–H groups in total. The molecule has 0 aliphatic carbocycles. The van der Waals surface area contributed by atoms with Gasteiger partial charge in [0.15, 0.2) is 0 Å². The van der Waals surface area contributed by atoms with E-state index in [2.05, 4.69) is 19.2 Å². The van der Waals surface area contributed by atoms with E-state index < -0.39 is 5.54 Å². The number of benzene rings is 1. The number of fused-ring (bicyclic) bond motifs is 1. The zero-order chi connectivity index (χ0) is 24.9. The first kappa shape index (κ1) is 26.0. The van der Waals surface area contributed by atoms with E-state index >= 15 is 0 Å². The van der Waals surface area contributed by atoms with Gasteiger partial charge in [0, 0.05) is 29.6 Å². The summed E-state index contributed by atoms with van der Waals surface area (Å²) in [7, 11) is 0. The Hall–Kier alpha value is -2.61. The van der Waals surface area contributed by atoms with Crippen molar-refractivity contribution < 1.29 is 18.7 Å². The molecule has 2 atom stereocenters. The van der Waals surface area contributed by atoms with Crippen molar-refractivity contribution in [2.24, 2.45) is 5.92 Å². The third kappa shape index (κ3) is 6.95. The lowest BCUT2D eigenvalue weighted by molar-refractivity contribution is -0.135. The summed E-state index contributed by atoms with van der Waals surface area (Å²) in [6, 6.07) is 7.53. The number of carbonyl (C=O) groups is 2. The fourth-order valence-corrected chi connectivity index (χ4v) is 4.91. The standard InChI is InChI=1S/C26H36FN3O3S/c1-6-18(2)15-29(25(32)28-26(3,4)5)16-24(31)30-12-10-23-21(11-13-34-23)22(30)17-33-20-9-7-8-19(27)14-20/h7-9,11,13-14,18,22H,6,10,12,15-17H2,1-5H3,(H,28,32)/t18-,22-/m0/s1. The van der Waals surface area contributed by atoms with Crippen LogP contribution in [-0.4, -0.2) is 53.5 Å². The maximum Gasteiger partial charge on any atom is 0.318 e. The predicted molar refractivity (Wildman–Crippen MR) is 134 cm³/mol. The Morgan fingerprint density at radius 3 is 2.76 bits per heavy atom. The monoisotopic (exact) mass is 489 g/mol. The average molecular weight is 490 g/mol. The average Bonchev–Trinajstić information content (AvgIpc) is 3.24. The minimum Gasteiger partial charge on any atom is -0.491 e. The first-order valence-corrected chi connectivity index (χ1v) is 12.8. The van der Waals surface area contributed by atoms with Gasteiger partial charge in [-0.25, -0.2) is 9.18 Å². The van der Waals surface area contributed by atoms with E-state index in [1.165, 1.54) is 17.0 Å². The minimum atomic E-state index is -0.397. The van der Waals surface area contributed by atoms with E-state index in [9.17, 15) is 14.0 Å². The quantitative estimate of drug-likeness (QED) is 0.551. The molecule has 0 fully saturated rings. The molecule has 0 bridgehead atoms. The first-order chi connectivity index (χ1) is 16.1. The molecule has 1 aliphatic heterocycles. The van der Waals surface area contributed by atoms with Gasteiger partial charge in [0.05, 0.1) is 6.04 Å². The lowest BCUT2D eigenvalue weighted by atomic mass is 10.00. The molecule has 8 heteroatoms. The van der Waals surface area contributed by atoms with Gasteiger partial charge < -0.3 is 19.9 Å². The molecule has 0 unspecified atom stereocenters. The molecule has 6 nitrogen and oxygen atoms in total. The van der Waals surface area contributed by atoms with E-state index in [-0.39, 0.29) is 42.9 Å². The Morgan fingerprint density at radius 1 is 1.32 bits per heavy atom. The van der Waals surface area contributed by atoms with Crippen LogP contribution in [0.1, 0.15) is 57.5 Å². The van der Waals surface area contributed by atoms with Gasteiger partial charge in [0.25, 0.3) is 0 Å². The number of ether oxygens (including phenoxy) is 1. The molecule has 0 saturated carbocycles. The van der Waals surface area contributed by atoms with Crippen LogP contribution in [0.15, 0.2) is 35.7 Å². The number of carbonyl (C=O) groups excluding carboxylic acids is 2. The fraction of sp³-hybridized carbons (Fsp3) is 0.538. The number of nitrogens with one attached hydrogen (secondary N) is 1. The summed E-state index contributed by atoms with van der Waals surface area (Å²) in [5, 5.41) is 5.02. The number of nitrogens with zero attached hydrogens (tertiary/aromatic N) is 2. The maximum absolute atomic E-state index is 13.6. The van der Waals surface area contributed by atoms with Crippen molar-refractivity contribution >= 4 is 23.3 Å². The first-order valence-electron chi connectivity index (χ1n) is 11.9. The van der Waals surface area contributed by atoms with Crippen LogP contribution >= 0.6 is 11.3 Å². The Labute approximate surface area is 206 Å². The maximum atomic E-state index is 13.6. The summed E-state index contributed by atoms with van der Waals surface area (Å²) >= 11 is 1.68. The van der Waals surface area contributed by atoms with Gasteiger partial charge in [-0.05, 0) is 62.3 Å². The summed E-state index contributed by atoms with van der Waals surface area (Å²) < 4.78 is 19.5. The Kier molecular flexibility index (Phi) is 8.57. The van der Waals surface area contributed by atoms with E-state index in [1.54, 1.807) is 28.4 Å². The number of urea groups is 1. The molecule has 2 heterocycles. The zero-order valence-corrected chi connectivity index (χ0v) is 21.6. The Bertz CT molecular complexity index is 988. The van der Waals surface area contributed by atoms with Crippen molar-refractivity contribution in [3.05, 3.63) is 52.0 Å². The van der Waals surface area contributed by atoms with Crippen LogP contribution in [0.2, 0.25) is 0 Å². The highest BCUT2D eigenvalue weighted by Gasteiger charge is 2.34. The highest BCUT2D eigenvalue weighted by molar-refractivity contribution is 7.10. The number of thiophene rings is 1. The molecule has 3 amide bonds. The van der Waals surface area contributed by atoms with Gasteiger partial charge in [0.1, 0.15) is 24.7 Å². The third-order valence-electron chi connectivity index (χ3n) is 5.94. The minimum absolute atomic E-state index is 0.00217. The molecule has 1 aromatic heterocycles. The van der Waals surface area contributed by atoms with Crippen LogP contribution in [0, 0.1) is 11.7 Å². The van der Waals surface area contributed by atoms with Crippen molar-refractivity contribution in [2.45, 2.75) is 59.0 Å². The van der Waals surface area contributed by atoms with Crippen LogP contribution < -0.4 is 10.1 Å². The van der Waals surface area contributed by atoms with Gasteiger partial charge in [-0.3, -0.25) is 4.79 Å². The van der Waals surface area contributed by atoms with Crippen LogP contribution in [0.4, 0.5) is 9.18 Å².